The molecule has 1 amide bonds. The van der Waals surface area contributed by atoms with Gasteiger partial charge in [0.15, 0.2) is 6.61 Å². The molecule has 0 aromatic heterocycles. The number of carboxylic acids is 2. The highest BCUT2D eigenvalue weighted by atomic mass is 16.6. The van der Waals surface area contributed by atoms with E-state index in [2.05, 4.69) is 10.1 Å². The van der Waals surface area contributed by atoms with Crippen molar-refractivity contribution in [2.45, 2.75) is 45.7 Å². The minimum Gasteiger partial charge on any atom is -0.480 e. The lowest BCUT2D eigenvalue weighted by molar-refractivity contribution is -0.159. The van der Waals surface area contributed by atoms with Crippen molar-refractivity contribution in [2.24, 2.45) is 11.1 Å². The van der Waals surface area contributed by atoms with Crippen LogP contribution in [0.5, 0.6) is 0 Å². The summed E-state index contributed by atoms with van der Waals surface area (Å²) in [5.41, 5.74) is 4.58. The maximum absolute atomic E-state index is 11.9. The SMILES string of the molecule is CC(C)(C)[C@H](NC(=O)CC[C@H](N)C(=O)O)C(=O)OCC(=O)O. The van der Waals surface area contributed by atoms with Crippen molar-refractivity contribution < 1.29 is 34.1 Å². The predicted octanol–water partition coefficient (Wildman–Crippen LogP) is -0.663. The van der Waals surface area contributed by atoms with Crippen molar-refractivity contribution >= 4 is 23.8 Å². The quantitative estimate of drug-likeness (QED) is 0.429. The molecule has 0 bridgehead atoms. The summed E-state index contributed by atoms with van der Waals surface area (Å²) < 4.78 is 4.58. The van der Waals surface area contributed by atoms with Crippen LogP contribution in [-0.2, 0) is 23.9 Å². The predicted molar refractivity (Wildman–Crippen MR) is 74.8 cm³/mol. The lowest BCUT2D eigenvalue weighted by atomic mass is 9.86. The molecular weight excluding hydrogens is 296 g/mol. The van der Waals surface area contributed by atoms with Gasteiger partial charge in [-0.3, -0.25) is 9.59 Å². The third-order valence-electron chi connectivity index (χ3n) is 2.74. The average Bonchev–Trinajstić information content (AvgIpc) is 2.37. The van der Waals surface area contributed by atoms with E-state index < -0.39 is 47.9 Å². The molecule has 0 unspecified atom stereocenters. The molecule has 9 heteroatoms. The number of nitrogens with two attached hydrogens (primary N) is 1. The Morgan fingerprint density at radius 3 is 2.14 bits per heavy atom. The zero-order valence-electron chi connectivity index (χ0n) is 12.8. The van der Waals surface area contributed by atoms with Gasteiger partial charge in [-0.1, -0.05) is 20.8 Å². The van der Waals surface area contributed by atoms with Crippen LogP contribution < -0.4 is 11.1 Å². The minimum atomic E-state index is -1.31. The molecule has 0 aromatic rings. The van der Waals surface area contributed by atoms with Gasteiger partial charge >= 0.3 is 17.9 Å². The molecule has 126 valence electrons. The monoisotopic (exact) mass is 318 g/mol. The summed E-state index contributed by atoms with van der Waals surface area (Å²) in [5, 5.41) is 19.5. The Morgan fingerprint density at radius 1 is 1.18 bits per heavy atom. The van der Waals surface area contributed by atoms with Crippen LogP contribution in [0.2, 0.25) is 0 Å². The molecule has 0 saturated carbocycles. The van der Waals surface area contributed by atoms with Crippen LogP contribution in [0, 0.1) is 5.41 Å². The fourth-order valence-electron chi connectivity index (χ4n) is 1.49. The Kier molecular flexibility index (Phi) is 7.51. The van der Waals surface area contributed by atoms with Crippen LogP contribution in [0.3, 0.4) is 0 Å². The second kappa shape index (κ2) is 8.32. The first-order chi connectivity index (χ1) is 9.95. The van der Waals surface area contributed by atoms with E-state index in [0.717, 1.165) is 0 Å². The van der Waals surface area contributed by atoms with E-state index in [1.54, 1.807) is 20.8 Å². The van der Waals surface area contributed by atoms with Crippen molar-refractivity contribution in [3.8, 4) is 0 Å². The number of ether oxygens (including phenoxy) is 1. The number of nitrogens with one attached hydrogen (secondary N) is 1. The van der Waals surface area contributed by atoms with E-state index in [4.69, 9.17) is 15.9 Å². The topological polar surface area (TPSA) is 156 Å². The van der Waals surface area contributed by atoms with Gasteiger partial charge in [0.2, 0.25) is 5.91 Å². The first kappa shape index (κ1) is 19.8. The summed E-state index contributed by atoms with van der Waals surface area (Å²) >= 11 is 0. The molecule has 5 N–H and O–H groups in total. The summed E-state index contributed by atoms with van der Waals surface area (Å²) in [6.45, 7) is 4.21. The van der Waals surface area contributed by atoms with Crippen LogP contribution >= 0.6 is 0 Å². The Bertz CT molecular complexity index is 442. The van der Waals surface area contributed by atoms with Gasteiger partial charge in [-0.2, -0.15) is 0 Å². The smallest absolute Gasteiger partial charge is 0.341 e. The summed E-state index contributed by atoms with van der Waals surface area (Å²) in [5.74, 6) is -3.96. The van der Waals surface area contributed by atoms with Crippen molar-refractivity contribution in [1.82, 2.24) is 5.32 Å². The number of hydrogen-bond donors (Lipinski definition) is 4. The Balaban J connectivity index is 4.66. The Morgan fingerprint density at radius 2 is 1.73 bits per heavy atom. The maximum atomic E-state index is 11.9. The third kappa shape index (κ3) is 7.58. The van der Waals surface area contributed by atoms with Crippen LogP contribution in [-0.4, -0.2) is 52.7 Å². The first-order valence-corrected chi connectivity index (χ1v) is 6.61. The van der Waals surface area contributed by atoms with Crippen LogP contribution in [0.15, 0.2) is 0 Å². The minimum absolute atomic E-state index is 0.0811. The molecule has 2 atom stereocenters. The highest BCUT2D eigenvalue weighted by Crippen LogP contribution is 2.20. The summed E-state index contributed by atoms with van der Waals surface area (Å²) in [7, 11) is 0. The molecule has 0 saturated heterocycles. The molecule has 0 spiro atoms. The third-order valence-corrected chi connectivity index (χ3v) is 2.74. The zero-order valence-corrected chi connectivity index (χ0v) is 12.8. The van der Waals surface area contributed by atoms with Crippen molar-refractivity contribution in [2.75, 3.05) is 6.61 Å². The molecule has 0 aliphatic carbocycles. The Labute approximate surface area is 127 Å². The fourth-order valence-corrected chi connectivity index (χ4v) is 1.49. The summed E-state index contributed by atoms with van der Waals surface area (Å²) in [6, 6.07) is -2.22. The van der Waals surface area contributed by atoms with Crippen LogP contribution in [0.4, 0.5) is 0 Å². The van der Waals surface area contributed by atoms with Crippen LogP contribution in [0.1, 0.15) is 33.6 Å². The van der Waals surface area contributed by atoms with Gasteiger partial charge in [-0.25, -0.2) is 9.59 Å². The standard InChI is InChI=1S/C13H22N2O7/c1-13(2,3)10(12(21)22-6-9(17)18)15-8(16)5-4-7(14)11(19)20/h7,10H,4-6,14H2,1-3H3,(H,15,16)(H,17,18)(H,19,20)/t7-,10+/m0/s1. The molecule has 0 aromatic carbocycles. The maximum Gasteiger partial charge on any atom is 0.341 e. The van der Waals surface area contributed by atoms with E-state index in [1.165, 1.54) is 0 Å². The number of carbonyl (C=O) groups is 4. The second-order valence-corrected chi connectivity index (χ2v) is 5.85. The van der Waals surface area contributed by atoms with E-state index >= 15 is 0 Å². The molecule has 9 nitrogen and oxygen atoms in total. The first-order valence-electron chi connectivity index (χ1n) is 6.61. The fraction of sp³-hybridized carbons (Fsp3) is 0.692. The van der Waals surface area contributed by atoms with Gasteiger partial charge in [-0.05, 0) is 11.8 Å². The highest BCUT2D eigenvalue weighted by molar-refractivity contribution is 5.86. The van der Waals surface area contributed by atoms with Gasteiger partial charge in [0.25, 0.3) is 0 Å². The molecular formula is C13H22N2O7. The van der Waals surface area contributed by atoms with Crippen LogP contribution in [0.25, 0.3) is 0 Å². The normalized spacial score (nSPS) is 13.8. The van der Waals surface area contributed by atoms with Gasteiger partial charge in [0.05, 0.1) is 0 Å². The van der Waals surface area contributed by atoms with E-state index in [1.807, 2.05) is 0 Å². The lowest BCUT2D eigenvalue weighted by Gasteiger charge is -2.29. The molecule has 0 heterocycles. The molecule has 0 aliphatic rings. The molecule has 0 aliphatic heterocycles. The molecule has 0 rings (SSSR count). The lowest BCUT2D eigenvalue weighted by Crippen LogP contribution is -2.50. The van der Waals surface area contributed by atoms with Gasteiger partial charge in [0, 0.05) is 6.42 Å². The molecule has 22 heavy (non-hydrogen) atoms. The van der Waals surface area contributed by atoms with Gasteiger partial charge in [-0.15, -0.1) is 0 Å². The Hall–Kier alpha value is -2.16. The number of aliphatic carboxylic acids is 2. The average molecular weight is 318 g/mol. The van der Waals surface area contributed by atoms with E-state index in [0.29, 0.717) is 0 Å². The second-order valence-electron chi connectivity index (χ2n) is 5.85. The van der Waals surface area contributed by atoms with E-state index in [-0.39, 0.29) is 12.8 Å². The summed E-state index contributed by atoms with van der Waals surface area (Å²) in [6.07, 6.45) is -0.255. The molecule has 0 fully saturated rings. The number of amides is 1. The number of esters is 1. The largest absolute Gasteiger partial charge is 0.480 e. The number of carbonyl (C=O) groups excluding carboxylic acids is 2. The number of carboxylic acid groups (broad SMARTS) is 2. The number of rotatable bonds is 8. The van der Waals surface area contributed by atoms with Gasteiger partial charge < -0.3 is 26.0 Å². The molecule has 0 radical (unpaired) electrons. The number of hydrogen-bond acceptors (Lipinski definition) is 6. The van der Waals surface area contributed by atoms with Crippen molar-refractivity contribution in [1.29, 1.82) is 0 Å². The van der Waals surface area contributed by atoms with E-state index in [9.17, 15) is 19.2 Å². The van der Waals surface area contributed by atoms with Crippen molar-refractivity contribution in [3.63, 3.8) is 0 Å². The summed E-state index contributed by atoms with van der Waals surface area (Å²) in [4.78, 5) is 44.6. The highest BCUT2D eigenvalue weighted by Gasteiger charge is 2.34. The van der Waals surface area contributed by atoms with Gasteiger partial charge in [0.1, 0.15) is 12.1 Å². The zero-order chi connectivity index (χ0) is 17.5. The van der Waals surface area contributed by atoms with Crippen molar-refractivity contribution in [3.05, 3.63) is 0 Å².